The molecule has 0 aromatic heterocycles. The summed E-state index contributed by atoms with van der Waals surface area (Å²) in [6.45, 7) is 5.92. The highest BCUT2D eigenvalue weighted by Gasteiger charge is 2.29. The monoisotopic (exact) mass is 281 g/mol. The van der Waals surface area contributed by atoms with Crippen molar-refractivity contribution in [2.24, 2.45) is 11.1 Å². The van der Waals surface area contributed by atoms with E-state index in [0.29, 0.717) is 31.8 Å². The highest BCUT2D eigenvalue weighted by atomic mass is 16.6. The molecule has 0 aliphatic carbocycles. The van der Waals surface area contributed by atoms with E-state index in [1.54, 1.807) is 0 Å². The van der Waals surface area contributed by atoms with Crippen molar-refractivity contribution in [3.8, 4) is 0 Å². The van der Waals surface area contributed by atoms with Gasteiger partial charge in [-0.05, 0) is 18.8 Å². The van der Waals surface area contributed by atoms with Crippen LogP contribution in [0.2, 0.25) is 0 Å². The second kappa shape index (κ2) is 6.72. The van der Waals surface area contributed by atoms with Crippen LogP contribution in [0.5, 0.6) is 0 Å². The average Bonchev–Trinajstić information content (AvgIpc) is 2.91. The topological polar surface area (TPSA) is 71.0 Å². The fourth-order valence-corrected chi connectivity index (χ4v) is 2.40. The van der Waals surface area contributed by atoms with E-state index >= 15 is 0 Å². The normalized spacial score (nSPS) is 22.8. The molecule has 2 heterocycles. The van der Waals surface area contributed by atoms with Crippen LogP contribution in [0.3, 0.4) is 0 Å². The first-order valence-corrected chi connectivity index (χ1v) is 7.36. The molecule has 2 amide bonds. The fourth-order valence-electron chi connectivity index (χ4n) is 2.40. The van der Waals surface area contributed by atoms with Crippen molar-refractivity contribution >= 4 is 17.5 Å². The molecular weight excluding hydrogens is 258 g/mol. The van der Waals surface area contributed by atoms with Gasteiger partial charge in [-0.15, -0.1) is 0 Å². The summed E-state index contributed by atoms with van der Waals surface area (Å²) in [6.07, 6.45) is 2.71. The third-order valence-electron chi connectivity index (χ3n) is 3.75. The Balaban J connectivity index is 1.67. The number of carbonyl (C=O) groups excluding carboxylic acids is 2. The van der Waals surface area contributed by atoms with Gasteiger partial charge >= 0.3 is 0 Å². The summed E-state index contributed by atoms with van der Waals surface area (Å²) in [5, 5.41) is 6.76. The quantitative estimate of drug-likeness (QED) is 0.814. The van der Waals surface area contributed by atoms with E-state index in [1.165, 1.54) is 0 Å². The maximum Gasteiger partial charge on any atom is 0.264 e. The number of rotatable bonds is 5. The molecule has 6 nitrogen and oxygen atoms in total. The van der Waals surface area contributed by atoms with Crippen LogP contribution in [0.1, 0.15) is 39.5 Å². The Hall–Kier alpha value is -1.59. The van der Waals surface area contributed by atoms with Crippen LogP contribution in [0.4, 0.5) is 0 Å². The Kier molecular flexibility index (Phi) is 4.98. The van der Waals surface area contributed by atoms with Gasteiger partial charge in [-0.1, -0.05) is 19.0 Å². The number of nitrogens with one attached hydrogen (secondary N) is 1. The lowest BCUT2D eigenvalue weighted by Crippen LogP contribution is -2.43. The SMILES string of the molecule is CC(C)C1=NO[C@H](C(=O)NCCN2CCCCC2=O)C1. The molecule has 20 heavy (non-hydrogen) atoms. The summed E-state index contributed by atoms with van der Waals surface area (Å²) in [5.41, 5.74) is 0.927. The highest BCUT2D eigenvalue weighted by molar-refractivity contribution is 5.93. The zero-order valence-corrected chi connectivity index (χ0v) is 12.2. The Labute approximate surface area is 119 Å². The molecule has 1 saturated heterocycles. The summed E-state index contributed by atoms with van der Waals surface area (Å²) in [7, 11) is 0. The molecule has 2 rings (SSSR count). The lowest BCUT2D eigenvalue weighted by Gasteiger charge is -2.26. The molecule has 1 atom stereocenters. The molecule has 1 fully saturated rings. The number of amides is 2. The van der Waals surface area contributed by atoms with Gasteiger partial charge in [0.1, 0.15) is 0 Å². The predicted molar refractivity (Wildman–Crippen MR) is 75.2 cm³/mol. The van der Waals surface area contributed by atoms with Gasteiger partial charge in [-0.2, -0.15) is 0 Å². The van der Waals surface area contributed by atoms with Crippen LogP contribution < -0.4 is 5.32 Å². The van der Waals surface area contributed by atoms with Gasteiger partial charge in [-0.3, -0.25) is 9.59 Å². The van der Waals surface area contributed by atoms with Crippen molar-refractivity contribution in [3.05, 3.63) is 0 Å². The van der Waals surface area contributed by atoms with E-state index in [2.05, 4.69) is 10.5 Å². The zero-order valence-electron chi connectivity index (χ0n) is 12.2. The standard InChI is InChI=1S/C14H23N3O3/c1-10(2)11-9-12(20-16-11)14(19)15-6-8-17-7-4-3-5-13(17)18/h10,12H,3-9H2,1-2H3,(H,15,19)/t12-/m0/s1. The summed E-state index contributed by atoms with van der Waals surface area (Å²) in [6, 6.07) is 0. The summed E-state index contributed by atoms with van der Waals surface area (Å²) in [5.74, 6) is 0.348. The maximum atomic E-state index is 11.9. The van der Waals surface area contributed by atoms with Gasteiger partial charge in [-0.25, -0.2) is 0 Å². The van der Waals surface area contributed by atoms with Crippen LogP contribution in [-0.2, 0) is 14.4 Å². The van der Waals surface area contributed by atoms with Crippen molar-refractivity contribution in [1.82, 2.24) is 10.2 Å². The van der Waals surface area contributed by atoms with E-state index in [4.69, 9.17) is 4.84 Å². The number of piperidine rings is 1. The minimum absolute atomic E-state index is 0.145. The van der Waals surface area contributed by atoms with E-state index in [1.807, 2.05) is 18.7 Å². The molecule has 112 valence electrons. The molecule has 2 aliphatic rings. The fraction of sp³-hybridized carbons (Fsp3) is 0.786. The van der Waals surface area contributed by atoms with Crippen molar-refractivity contribution < 1.29 is 14.4 Å². The summed E-state index contributed by atoms with van der Waals surface area (Å²) >= 11 is 0. The molecule has 0 aromatic carbocycles. The summed E-state index contributed by atoms with van der Waals surface area (Å²) in [4.78, 5) is 30.5. The van der Waals surface area contributed by atoms with Crippen LogP contribution in [0, 0.1) is 5.92 Å². The van der Waals surface area contributed by atoms with E-state index < -0.39 is 6.10 Å². The molecule has 2 aliphatic heterocycles. The molecule has 6 heteroatoms. The van der Waals surface area contributed by atoms with E-state index in [9.17, 15) is 9.59 Å². The van der Waals surface area contributed by atoms with Crippen molar-refractivity contribution in [1.29, 1.82) is 0 Å². The first kappa shape index (κ1) is 14.8. The Morgan fingerprint density at radius 3 is 2.95 bits per heavy atom. The van der Waals surface area contributed by atoms with Gasteiger partial charge in [0.05, 0.1) is 5.71 Å². The number of hydrogen-bond acceptors (Lipinski definition) is 4. The van der Waals surface area contributed by atoms with Gasteiger partial charge in [0.15, 0.2) is 0 Å². The third-order valence-corrected chi connectivity index (χ3v) is 3.75. The molecule has 0 aromatic rings. The average molecular weight is 281 g/mol. The number of nitrogens with zero attached hydrogens (tertiary/aromatic N) is 2. The second-order valence-corrected chi connectivity index (χ2v) is 5.66. The first-order valence-electron chi connectivity index (χ1n) is 7.36. The minimum atomic E-state index is -0.510. The summed E-state index contributed by atoms with van der Waals surface area (Å²) < 4.78 is 0. The molecule has 0 spiro atoms. The van der Waals surface area contributed by atoms with Gasteiger partial charge in [0.2, 0.25) is 12.0 Å². The van der Waals surface area contributed by atoms with E-state index in [-0.39, 0.29) is 11.8 Å². The van der Waals surface area contributed by atoms with Crippen molar-refractivity contribution in [3.63, 3.8) is 0 Å². The molecule has 0 bridgehead atoms. The Morgan fingerprint density at radius 2 is 2.30 bits per heavy atom. The van der Waals surface area contributed by atoms with Gasteiger partial charge in [0, 0.05) is 32.5 Å². The number of hydrogen-bond donors (Lipinski definition) is 1. The second-order valence-electron chi connectivity index (χ2n) is 5.66. The van der Waals surface area contributed by atoms with Gasteiger partial charge < -0.3 is 15.1 Å². The highest BCUT2D eigenvalue weighted by Crippen LogP contribution is 2.16. The third kappa shape index (κ3) is 3.71. The zero-order chi connectivity index (χ0) is 14.5. The number of carbonyl (C=O) groups is 2. The molecule has 0 radical (unpaired) electrons. The predicted octanol–water partition coefficient (Wildman–Crippen LogP) is 0.916. The van der Waals surface area contributed by atoms with Crippen LogP contribution in [-0.4, -0.2) is 48.2 Å². The molecule has 0 saturated carbocycles. The van der Waals surface area contributed by atoms with Crippen LogP contribution in [0.15, 0.2) is 5.16 Å². The smallest absolute Gasteiger partial charge is 0.264 e. The Morgan fingerprint density at radius 1 is 1.50 bits per heavy atom. The maximum absolute atomic E-state index is 11.9. The van der Waals surface area contributed by atoms with Crippen molar-refractivity contribution in [2.45, 2.75) is 45.6 Å². The minimum Gasteiger partial charge on any atom is -0.382 e. The van der Waals surface area contributed by atoms with Gasteiger partial charge in [0.25, 0.3) is 5.91 Å². The Bertz CT molecular complexity index is 406. The molecule has 0 unspecified atom stereocenters. The largest absolute Gasteiger partial charge is 0.382 e. The first-order chi connectivity index (χ1) is 9.58. The lowest BCUT2D eigenvalue weighted by molar-refractivity contribution is -0.135. The number of oxime groups is 1. The van der Waals surface area contributed by atoms with Crippen LogP contribution >= 0.6 is 0 Å². The van der Waals surface area contributed by atoms with E-state index in [0.717, 1.165) is 25.1 Å². The molecule has 1 N–H and O–H groups in total. The van der Waals surface area contributed by atoms with Crippen molar-refractivity contribution in [2.75, 3.05) is 19.6 Å². The number of likely N-dealkylation sites (tertiary alicyclic amines) is 1. The van der Waals surface area contributed by atoms with Crippen LogP contribution in [0.25, 0.3) is 0 Å². The molecular formula is C14H23N3O3. The lowest BCUT2D eigenvalue weighted by atomic mass is 10.0.